The van der Waals surface area contributed by atoms with Gasteiger partial charge in [-0.15, -0.1) is 11.3 Å². The Labute approximate surface area is 95.3 Å². The van der Waals surface area contributed by atoms with E-state index in [9.17, 15) is 0 Å². The predicted molar refractivity (Wildman–Crippen MR) is 63.0 cm³/mol. The molecule has 82 valence electrons. The first kappa shape index (κ1) is 9.79. The average Bonchev–Trinajstić information content (AvgIpc) is 2.81. The Morgan fingerprint density at radius 1 is 1.40 bits per heavy atom. The summed E-state index contributed by atoms with van der Waals surface area (Å²) in [5.74, 6) is 2.01. The summed E-state index contributed by atoms with van der Waals surface area (Å²) in [4.78, 5) is 7.15. The molecule has 15 heavy (non-hydrogen) atoms. The van der Waals surface area contributed by atoms with Gasteiger partial charge in [0.15, 0.2) is 0 Å². The van der Waals surface area contributed by atoms with Crippen molar-refractivity contribution in [3.63, 3.8) is 0 Å². The van der Waals surface area contributed by atoms with Gasteiger partial charge in [0.05, 0.1) is 6.54 Å². The van der Waals surface area contributed by atoms with Gasteiger partial charge in [0.25, 0.3) is 0 Å². The van der Waals surface area contributed by atoms with Crippen molar-refractivity contribution in [3.8, 4) is 0 Å². The van der Waals surface area contributed by atoms with Crippen LogP contribution in [0, 0.1) is 18.8 Å². The zero-order valence-electron chi connectivity index (χ0n) is 9.28. The second-order valence-electron chi connectivity index (χ2n) is 5.03. The minimum absolute atomic E-state index is 1.01. The fourth-order valence-electron chi connectivity index (χ4n) is 3.13. The summed E-state index contributed by atoms with van der Waals surface area (Å²) >= 11 is 1.81. The van der Waals surface area contributed by atoms with Crippen LogP contribution in [0.15, 0.2) is 5.38 Å². The van der Waals surface area contributed by atoms with E-state index in [1.54, 1.807) is 0 Å². The molecule has 2 heterocycles. The van der Waals surface area contributed by atoms with E-state index in [1.165, 1.54) is 43.1 Å². The van der Waals surface area contributed by atoms with Crippen LogP contribution in [-0.2, 0) is 6.54 Å². The predicted octanol–water partition coefficient (Wildman–Crippen LogP) is 2.68. The minimum Gasteiger partial charge on any atom is -0.296 e. The Bertz CT molecular complexity index is 335. The van der Waals surface area contributed by atoms with Gasteiger partial charge in [-0.25, -0.2) is 4.98 Å². The third-order valence-corrected chi connectivity index (χ3v) is 4.78. The molecule has 0 amide bonds. The Hall–Kier alpha value is -0.410. The van der Waals surface area contributed by atoms with E-state index in [0.717, 1.165) is 18.4 Å². The molecule has 2 fully saturated rings. The SMILES string of the molecule is Cc1csc(CN2CC3CCCC3C2)n1. The van der Waals surface area contributed by atoms with Crippen LogP contribution >= 0.6 is 11.3 Å². The fraction of sp³-hybridized carbons (Fsp3) is 0.750. The number of aromatic nitrogens is 1. The zero-order valence-corrected chi connectivity index (χ0v) is 10.1. The molecule has 1 aromatic rings. The second-order valence-corrected chi connectivity index (χ2v) is 5.97. The van der Waals surface area contributed by atoms with Gasteiger partial charge in [0.1, 0.15) is 5.01 Å². The first-order valence-corrected chi connectivity index (χ1v) is 6.82. The van der Waals surface area contributed by atoms with E-state index in [1.807, 2.05) is 11.3 Å². The summed E-state index contributed by atoms with van der Waals surface area (Å²) in [6.07, 6.45) is 4.41. The average molecular weight is 222 g/mol. The Morgan fingerprint density at radius 2 is 2.13 bits per heavy atom. The van der Waals surface area contributed by atoms with Gasteiger partial charge in [0, 0.05) is 24.2 Å². The topological polar surface area (TPSA) is 16.1 Å². The lowest BCUT2D eigenvalue weighted by Crippen LogP contribution is -2.20. The number of aryl methyl sites for hydroxylation is 1. The van der Waals surface area contributed by atoms with Crippen molar-refractivity contribution < 1.29 is 0 Å². The molecular formula is C12H18N2S. The molecule has 1 aliphatic carbocycles. The summed E-state index contributed by atoms with van der Waals surface area (Å²) in [6.45, 7) is 5.82. The maximum absolute atomic E-state index is 4.54. The molecule has 0 bridgehead atoms. The van der Waals surface area contributed by atoms with Gasteiger partial charge in [-0.05, 0) is 31.6 Å². The molecule has 2 unspecified atom stereocenters. The largest absolute Gasteiger partial charge is 0.296 e. The van der Waals surface area contributed by atoms with Gasteiger partial charge in [0.2, 0.25) is 0 Å². The summed E-state index contributed by atoms with van der Waals surface area (Å²) in [6, 6.07) is 0. The lowest BCUT2D eigenvalue weighted by atomic mass is 10.0. The van der Waals surface area contributed by atoms with Crippen LogP contribution in [0.4, 0.5) is 0 Å². The molecule has 0 N–H and O–H groups in total. The van der Waals surface area contributed by atoms with Gasteiger partial charge >= 0.3 is 0 Å². The molecular weight excluding hydrogens is 204 g/mol. The molecule has 2 aliphatic rings. The van der Waals surface area contributed by atoms with E-state index >= 15 is 0 Å². The first-order chi connectivity index (χ1) is 7.31. The number of rotatable bonds is 2. The highest BCUT2D eigenvalue weighted by Crippen LogP contribution is 2.38. The van der Waals surface area contributed by atoms with Gasteiger partial charge in [-0.2, -0.15) is 0 Å². The van der Waals surface area contributed by atoms with E-state index in [0.29, 0.717) is 0 Å². The monoisotopic (exact) mass is 222 g/mol. The normalized spacial score (nSPS) is 31.0. The van der Waals surface area contributed by atoms with Crippen molar-refractivity contribution in [1.29, 1.82) is 0 Å². The molecule has 2 nitrogen and oxygen atoms in total. The van der Waals surface area contributed by atoms with Crippen molar-refractivity contribution in [2.75, 3.05) is 13.1 Å². The standard InChI is InChI=1S/C12H18N2S/c1-9-8-15-12(13-9)7-14-5-10-3-2-4-11(10)6-14/h8,10-11H,2-7H2,1H3. The highest BCUT2D eigenvalue weighted by molar-refractivity contribution is 7.09. The quantitative estimate of drug-likeness (QED) is 0.765. The molecule has 3 rings (SSSR count). The smallest absolute Gasteiger partial charge is 0.107 e. The summed E-state index contributed by atoms with van der Waals surface area (Å²) < 4.78 is 0. The summed E-state index contributed by atoms with van der Waals surface area (Å²) in [5.41, 5.74) is 1.18. The van der Waals surface area contributed by atoms with E-state index in [4.69, 9.17) is 0 Å². The van der Waals surface area contributed by atoms with Crippen molar-refractivity contribution in [1.82, 2.24) is 9.88 Å². The first-order valence-electron chi connectivity index (χ1n) is 5.94. The number of hydrogen-bond acceptors (Lipinski definition) is 3. The van der Waals surface area contributed by atoms with Crippen LogP contribution in [0.25, 0.3) is 0 Å². The molecule has 2 atom stereocenters. The molecule has 1 saturated heterocycles. The molecule has 1 saturated carbocycles. The van der Waals surface area contributed by atoms with Crippen molar-refractivity contribution in [3.05, 3.63) is 16.1 Å². The Morgan fingerprint density at radius 3 is 2.73 bits per heavy atom. The zero-order chi connectivity index (χ0) is 10.3. The van der Waals surface area contributed by atoms with Crippen molar-refractivity contribution >= 4 is 11.3 Å². The van der Waals surface area contributed by atoms with Crippen molar-refractivity contribution in [2.24, 2.45) is 11.8 Å². The molecule has 1 aromatic heterocycles. The van der Waals surface area contributed by atoms with Crippen LogP contribution in [0.3, 0.4) is 0 Å². The molecule has 0 spiro atoms. The van der Waals surface area contributed by atoms with E-state index in [2.05, 4.69) is 22.2 Å². The lowest BCUT2D eigenvalue weighted by molar-refractivity contribution is 0.303. The molecule has 3 heteroatoms. The maximum Gasteiger partial charge on any atom is 0.107 e. The Balaban J connectivity index is 1.61. The van der Waals surface area contributed by atoms with Gasteiger partial charge in [-0.3, -0.25) is 4.90 Å². The van der Waals surface area contributed by atoms with Crippen molar-refractivity contribution in [2.45, 2.75) is 32.7 Å². The van der Waals surface area contributed by atoms with Crippen LogP contribution in [0.1, 0.15) is 30.0 Å². The van der Waals surface area contributed by atoms with Crippen LogP contribution in [0.5, 0.6) is 0 Å². The van der Waals surface area contributed by atoms with Crippen LogP contribution in [-0.4, -0.2) is 23.0 Å². The second kappa shape index (κ2) is 3.87. The number of hydrogen-bond donors (Lipinski definition) is 0. The van der Waals surface area contributed by atoms with E-state index < -0.39 is 0 Å². The number of nitrogens with zero attached hydrogens (tertiary/aromatic N) is 2. The van der Waals surface area contributed by atoms with Crippen LogP contribution < -0.4 is 0 Å². The van der Waals surface area contributed by atoms with E-state index in [-0.39, 0.29) is 0 Å². The molecule has 0 radical (unpaired) electrons. The highest BCUT2D eigenvalue weighted by Gasteiger charge is 2.35. The molecule has 0 aromatic carbocycles. The summed E-state index contributed by atoms with van der Waals surface area (Å²) in [5, 5.41) is 3.46. The van der Waals surface area contributed by atoms with Gasteiger partial charge < -0.3 is 0 Å². The van der Waals surface area contributed by atoms with Crippen LogP contribution in [0.2, 0.25) is 0 Å². The number of likely N-dealkylation sites (tertiary alicyclic amines) is 1. The summed E-state index contributed by atoms with van der Waals surface area (Å²) in [7, 11) is 0. The molecule has 1 aliphatic heterocycles. The third-order valence-electron chi connectivity index (χ3n) is 3.83. The lowest BCUT2D eigenvalue weighted by Gasteiger charge is -2.14. The number of thiazole rings is 1. The maximum atomic E-state index is 4.54. The minimum atomic E-state index is 1.01. The third kappa shape index (κ3) is 1.95. The number of fused-ring (bicyclic) bond motifs is 1. The Kier molecular flexibility index (Phi) is 2.53. The highest BCUT2D eigenvalue weighted by atomic mass is 32.1. The van der Waals surface area contributed by atoms with Gasteiger partial charge in [-0.1, -0.05) is 6.42 Å². The fourth-order valence-corrected chi connectivity index (χ4v) is 3.94.